The summed E-state index contributed by atoms with van der Waals surface area (Å²) in [6.07, 6.45) is -0.747. The van der Waals surface area contributed by atoms with Crippen molar-refractivity contribution in [3.8, 4) is 0 Å². The molecule has 182 valence electrons. The Hall–Kier alpha value is -3.40. The van der Waals surface area contributed by atoms with Crippen LogP contribution < -0.4 is 5.32 Å². The number of aliphatic carboxylic acids is 2. The molecule has 0 aliphatic rings. The van der Waals surface area contributed by atoms with Crippen molar-refractivity contribution in [2.75, 3.05) is 18.1 Å². The third-order valence-corrected chi connectivity index (χ3v) is 6.18. The maximum Gasteiger partial charge on any atom is 0.310 e. The van der Waals surface area contributed by atoms with Gasteiger partial charge in [-0.25, -0.2) is 0 Å². The molecule has 0 saturated carbocycles. The first kappa shape index (κ1) is 26.8. The summed E-state index contributed by atoms with van der Waals surface area (Å²) in [5.41, 5.74) is 0.736. The molecule has 0 radical (unpaired) electrons. The number of ketones is 1. The number of carboxylic acid groups (broad SMARTS) is 2. The van der Waals surface area contributed by atoms with Crippen LogP contribution in [0.2, 0.25) is 0 Å². The zero-order valence-electron chi connectivity index (χ0n) is 18.7. The largest absolute Gasteiger partial charge is 0.481 e. The molecule has 1 amide bonds. The second-order valence-corrected chi connectivity index (χ2v) is 8.87. The SMILES string of the molecule is CC(CSCCC(=O)O)C(=O)NC(CC(=O)O)C(=O)COC(=O)Cc1cccc2ccccc12. The van der Waals surface area contributed by atoms with Gasteiger partial charge in [-0.15, -0.1) is 0 Å². The van der Waals surface area contributed by atoms with Crippen LogP contribution in [0.1, 0.15) is 25.3 Å². The number of carbonyl (C=O) groups is 5. The van der Waals surface area contributed by atoms with Crippen LogP contribution in [0.4, 0.5) is 0 Å². The molecule has 0 aromatic heterocycles. The van der Waals surface area contributed by atoms with Gasteiger partial charge in [0.1, 0.15) is 6.04 Å². The lowest BCUT2D eigenvalue weighted by Crippen LogP contribution is -2.46. The van der Waals surface area contributed by atoms with Crippen LogP contribution in [0.3, 0.4) is 0 Å². The molecule has 2 aromatic carbocycles. The minimum absolute atomic E-state index is 0.0384. The number of hydrogen-bond acceptors (Lipinski definition) is 7. The van der Waals surface area contributed by atoms with Crippen molar-refractivity contribution in [3.63, 3.8) is 0 Å². The lowest BCUT2D eigenvalue weighted by atomic mass is 10.0. The molecule has 34 heavy (non-hydrogen) atoms. The molecule has 0 aliphatic carbocycles. The molecule has 0 saturated heterocycles. The van der Waals surface area contributed by atoms with Crippen molar-refractivity contribution in [2.45, 2.75) is 32.2 Å². The van der Waals surface area contributed by atoms with Gasteiger partial charge in [0, 0.05) is 17.4 Å². The van der Waals surface area contributed by atoms with Crippen LogP contribution in [0.15, 0.2) is 42.5 Å². The number of amides is 1. The fourth-order valence-corrected chi connectivity index (χ4v) is 4.13. The molecule has 0 spiro atoms. The van der Waals surface area contributed by atoms with E-state index in [1.807, 2.05) is 36.4 Å². The number of thioether (sulfide) groups is 1. The van der Waals surface area contributed by atoms with Gasteiger partial charge in [-0.2, -0.15) is 11.8 Å². The van der Waals surface area contributed by atoms with E-state index in [4.69, 9.17) is 14.9 Å². The number of hydrogen-bond donors (Lipinski definition) is 3. The number of Topliss-reactive ketones (excluding diaryl/α,β-unsaturated/α-hetero) is 1. The van der Waals surface area contributed by atoms with Gasteiger partial charge in [0.15, 0.2) is 12.4 Å². The first-order valence-corrected chi connectivity index (χ1v) is 11.8. The lowest BCUT2D eigenvalue weighted by molar-refractivity contribution is -0.148. The van der Waals surface area contributed by atoms with E-state index in [9.17, 15) is 24.0 Å². The molecule has 3 N–H and O–H groups in total. The summed E-state index contributed by atoms with van der Waals surface area (Å²) >= 11 is 1.27. The van der Waals surface area contributed by atoms with Gasteiger partial charge in [0.25, 0.3) is 0 Å². The van der Waals surface area contributed by atoms with Crippen molar-refractivity contribution in [2.24, 2.45) is 5.92 Å². The second-order valence-electron chi connectivity index (χ2n) is 7.72. The average molecular weight is 490 g/mol. The number of nitrogens with one attached hydrogen (secondary N) is 1. The minimum atomic E-state index is -1.35. The van der Waals surface area contributed by atoms with E-state index in [2.05, 4.69) is 5.32 Å². The number of benzene rings is 2. The predicted molar refractivity (Wildman–Crippen MR) is 127 cm³/mol. The van der Waals surface area contributed by atoms with Crippen molar-refractivity contribution in [1.82, 2.24) is 5.32 Å². The molecule has 2 unspecified atom stereocenters. The molecule has 10 heteroatoms. The highest BCUT2D eigenvalue weighted by Gasteiger charge is 2.26. The third kappa shape index (κ3) is 8.86. The van der Waals surface area contributed by atoms with E-state index in [1.54, 1.807) is 13.0 Å². The molecule has 2 atom stereocenters. The maximum atomic E-state index is 12.5. The van der Waals surface area contributed by atoms with E-state index in [0.29, 0.717) is 11.5 Å². The van der Waals surface area contributed by atoms with E-state index >= 15 is 0 Å². The van der Waals surface area contributed by atoms with E-state index in [-0.39, 0.29) is 12.8 Å². The minimum Gasteiger partial charge on any atom is -0.481 e. The number of carboxylic acids is 2. The summed E-state index contributed by atoms with van der Waals surface area (Å²) in [7, 11) is 0. The number of ether oxygens (including phenoxy) is 1. The van der Waals surface area contributed by atoms with Crippen LogP contribution >= 0.6 is 11.8 Å². The van der Waals surface area contributed by atoms with E-state index < -0.39 is 54.6 Å². The number of rotatable bonds is 14. The summed E-state index contributed by atoms with van der Waals surface area (Å²) in [5.74, 6) is -4.07. The van der Waals surface area contributed by atoms with Crippen molar-refractivity contribution >= 4 is 52.1 Å². The molecule has 0 heterocycles. The van der Waals surface area contributed by atoms with Gasteiger partial charge >= 0.3 is 17.9 Å². The molecule has 0 bridgehead atoms. The normalized spacial score (nSPS) is 12.5. The summed E-state index contributed by atoms with van der Waals surface area (Å²) < 4.78 is 5.07. The van der Waals surface area contributed by atoms with Gasteiger partial charge in [-0.1, -0.05) is 49.4 Å². The molecule has 2 aromatic rings. The Kier molecular flexibility index (Phi) is 10.5. The van der Waals surface area contributed by atoms with Crippen LogP contribution in [-0.2, 0) is 35.1 Å². The zero-order chi connectivity index (χ0) is 25.1. The monoisotopic (exact) mass is 489 g/mol. The van der Waals surface area contributed by atoms with Gasteiger partial charge in [-0.05, 0) is 16.3 Å². The third-order valence-electron chi connectivity index (χ3n) is 4.95. The Balaban J connectivity index is 1.90. The number of carbonyl (C=O) groups excluding carboxylic acids is 3. The van der Waals surface area contributed by atoms with Crippen molar-refractivity contribution in [3.05, 3.63) is 48.0 Å². The van der Waals surface area contributed by atoms with Crippen LogP contribution in [0, 0.1) is 5.92 Å². The van der Waals surface area contributed by atoms with Crippen LogP contribution in [0.25, 0.3) is 10.8 Å². The molecule has 9 nitrogen and oxygen atoms in total. The molecule has 0 fully saturated rings. The molecule has 0 aliphatic heterocycles. The standard InChI is InChI=1S/C24H27NO8S/c1-15(14-34-10-9-21(27)28)24(32)25-19(12-22(29)30)20(26)13-33-23(31)11-17-7-4-6-16-5-2-3-8-18(16)17/h2-8,15,19H,9-14H2,1H3,(H,25,32)(H,27,28)(H,29,30). The fourth-order valence-electron chi connectivity index (χ4n) is 3.13. The quantitative estimate of drug-likeness (QED) is 0.269. The maximum absolute atomic E-state index is 12.5. The smallest absolute Gasteiger partial charge is 0.310 e. The van der Waals surface area contributed by atoms with Crippen LogP contribution in [-0.4, -0.2) is 64.0 Å². The summed E-state index contributed by atoms with van der Waals surface area (Å²) in [4.78, 5) is 58.9. The van der Waals surface area contributed by atoms with Gasteiger partial charge < -0.3 is 20.3 Å². The van der Waals surface area contributed by atoms with Gasteiger partial charge in [0.05, 0.1) is 19.3 Å². The first-order valence-electron chi connectivity index (χ1n) is 10.6. The Labute approximate surface area is 200 Å². The predicted octanol–water partition coefficient (Wildman–Crippen LogP) is 2.30. The van der Waals surface area contributed by atoms with E-state index in [0.717, 1.165) is 16.3 Å². The highest BCUT2D eigenvalue weighted by molar-refractivity contribution is 7.99. The average Bonchev–Trinajstić information content (AvgIpc) is 2.79. The lowest BCUT2D eigenvalue weighted by Gasteiger charge is -2.19. The highest BCUT2D eigenvalue weighted by Crippen LogP contribution is 2.19. The Morgan fingerprint density at radius 3 is 2.41 bits per heavy atom. The summed E-state index contributed by atoms with van der Waals surface area (Å²) in [6, 6.07) is 11.7. The Bertz CT molecular complexity index is 1050. The molecule has 2 rings (SSSR count). The van der Waals surface area contributed by atoms with E-state index in [1.165, 1.54) is 11.8 Å². The second kappa shape index (κ2) is 13.3. The number of esters is 1. The Morgan fingerprint density at radius 2 is 1.71 bits per heavy atom. The van der Waals surface area contributed by atoms with Crippen molar-refractivity contribution in [1.29, 1.82) is 0 Å². The molecular weight excluding hydrogens is 462 g/mol. The van der Waals surface area contributed by atoms with Gasteiger partial charge in [-0.3, -0.25) is 24.0 Å². The Morgan fingerprint density at radius 1 is 1.00 bits per heavy atom. The van der Waals surface area contributed by atoms with Gasteiger partial charge in [0.2, 0.25) is 5.91 Å². The topological polar surface area (TPSA) is 147 Å². The van der Waals surface area contributed by atoms with Crippen LogP contribution in [0.5, 0.6) is 0 Å². The summed E-state index contributed by atoms with van der Waals surface area (Å²) in [5, 5.41) is 22.0. The first-order chi connectivity index (χ1) is 16.2. The zero-order valence-corrected chi connectivity index (χ0v) is 19.5. The number of fused-ring (bicyclic) bond motifs is 1. The van der Waals surface area contributed by atoms with Crippen molar-refractivity contribution < 1.29 is 38.9 Å². The fraction of sp³-hybridized carbons (Fsp3) is 0.375. The summed E-state index contributed by atoms with van der Waals surface area (Å²) in [6.45, 7) is 0.930. The highest BCUT2D eigenvalue weighted by atomic mass is 32.2. The molecular formula is C24H27NO8S.